The predicted molar refractivity (Wildman–Crippen MR) is 65.2 cm³/mol. The average Bonchev–Trinajstić information content (AvgIpc) is 2.24. The molecule has 0 saturated heterocycles. The predicted octanol–water partition coefficient (Wildman–Crippen LogP) is 1.47. The maximum absolute atomic E-state index is 9.66. The minimum atomic E-state index is -0.734. The largest absolute Gasteiger partial charge is 0.396 e. The Labute approximate surface area is 97.1 Å². The van der Waals surface area contributed by atoms with Crippen LogP contribution in [0.15, 0.2) is 30.3 Å². The molecule has 0 aliphatic rings. The van der Waals surface area contributed by atoms with Gasteiger partial charge in [-0.15, -0.1) is 0 Å². The second-order valence-electron chi connectivity index (χ2n) is 4.67. The lowest BCUT2D eigenvalue weighted by Gasteiger charge is -2.24. The molecule has 1 rings (SSSR count). The maximum Gasteiger partial charge on any atom is 0.0715 e. The van der Waals surface area contributed by atoms with Crippen LogP contribution >= 0.6 is 0 Å². The van der Waals surface area contributed by atoms with Crippen molar-refractivity contribution in [2.24, 2.45) is 0 Å². The third-order valence-corrected chi connectivity index (χ3v) is 2.40. The van der Waals surface area contributed by atoms with Gasteiger partial charge < -0.3 is 15.5 Å². The maximum atomic E-state index is 9.66. The zero-order valence-electron chi connectivity index (χ0n) is 9.98. The number of rotatable bonds is 6. The number of nitrogens with one attached hydrogen (secondary N) is 1. The fraction of sp³-hybridized carbons (Fsp3) is 0.538. The lowest BCUT2D eigenvalue weighted by molar-refractivity contribution is 0.0749. The Balaban J connectivity index is 2.61. The second kappa shape index (κ2) is 5.99. The molecule has 1 aromatic rings. The molecular formula is C13H21NO2. The minimum absolute atomic E-state index is 0.0950. The van der Waals surface area contributed by atoms with Crippen molar-refractivity contribution in [2.45, 2.75) is 31.9 Å². The van der Waals surface area contributed by atoms with Gasteiger partial charge in [0.25, 0.3) is 0 Å². The molecule has 0 spiro atoms. The SMILES string of the molecule is CC(C)(O)CNC(CCO)c1ccccc1. The van der Waals surface area contributed by atoms with Crippen molar-refractivity contribution in [3.05, 3.63) is 35.9 Å². The van der Waals surface area contributed by atoms with Crippen LogP contribution in [0, 0.1) is 0 Å². The van der Waals surface area contributed by atoms with Gasteiger partial charge in [0.15, 0.2) is 0 Å². The van der Waals surface area contributed by atoms with E-state index in [1.54, 1.807) is 13.8 Å². The Morgan fingerprint density at radius 2 is 1.88 bits per heavy atom. The van der Waals surface area contributed by atoms with Gasteiger partial charge in [0, 0.05) is 19.2 Å². The van der Waals surface area contributed by atoms with Crippen LogP contribution in [0.3, 0.4) is 0 Å². The molecule has 3 N–H and O–H groups in total. The topological polar surface area (TPSA) is 52.5 Å². The number of aliphatic hydroxyl groups excluding tert-OH is 1. The molecule has 0 saturated carbocycles. The van der Waals surface area contributed by atoms with Gasteiger partial charge in [0.05, 0.1) is 5.60 Å². The van der Waals surface area contributed by atoms with E-state index in [1.807, 2.05) is 30.3 Å². The highest BCUT2D eigenvalue weighted by atomic mass is 16.3. The molecule has 1 aromatic carbocycles. The summed E-state index contributed by atoms with van der Waals surface area (Å²) in [5.41, 5.74) is 0.406. The summed E-state index contributed by atoms with van der Waals surface area (Å²) in [5.74, 6) is 0. The Hall–Kier alpha value is -0.900. The third-order valence-electron chi connectivity index (χ3n) is 2.40. The van der Waals surface area contributed by atoms with Crippen LogP contribution in [0.4, 0.5) is 0 Å². The van der Waals surface area contributed by atoms with Crippen LogP contribution in [0.2, 0.25) is 0 Å². The van der Waals surface area contributed by atoms with Crippen molar-refractivity contribution in [3.63, 3.8) is 0 Å². The van der Waals surface area contributed by atoms with Gasteiger partial charge in [-0.2, -0.15) is 0 Å². The van der Waals surface area contributed by atoms with Crippen molar-refractivity contribution in [3.8, 4) is 0 Å². The van der Waals surface area contributed by atoms with E-state index in [-0.39, 0.29) is 12.6 Å². The van der Waals surface area contributed by atoms with E-state index < -0.39 is 5.60 Å². The zero-order valence-corrected chi connectivity index (χ0v) is 9.98. The van der Waals surface area contributed by atoms with E-state index in [1.165, 1.54) is 0 Å². The molecule has 0 bridgehead atoms. The van der Waals surface area contributed by atoms with Gasteiger partial charge in [-0.3, -0.25) is 0 Å². The first kappa shape index (κ1) is 13.2. The van der Waals surface area contributed by atoms with Crippen LogP contribution in [0.25, 0.3) is 0 Å². The Morgan fingerprint density at radius 3 is 2.38 bits per heavy atom. The molecule has 3 nitrogen and oxygen atoms in total. The molecule has 0 fully saturated rings. The van der Waals surface area contributed by atoms with Gasteiger partial charge >= 0.3 is 0 Å². The van der Waals surface area contributed by atoms with E-state index in [0.29, 0.717) is 13.0 Å². The van der Waals surface area contributed by atoms with Crippen molar-refractivity contribution < 1.29 is 10.2 Å². The summed E-state index contributed by atoms with van der Waals surface area (Å²) in [5, 5.41) is 21.9. The summed E-state index contributed by atoms with van der Waals surface area (Å²) in [4.78, 5) is 0. The van der Waals surface area contributed by atoms with Gasteiger partial charge in [-0.05, 0) is 25.8 Å². The summed E-state index contributed by atoms with van der Waals surface area (Å²) in [7, 11) is 0. The average molecular weight is 223 g/mol. The van der Waals surface area contributed by atoms with E-state index in [4.69, 9.17) is 5.11 Å². The molecule has 90 valence electrons. The van der Waals surface area contributed by atoms with Crippen LogP contribution < -0.4 is 5.32 Å². The number of aliphatic hydroxyl groups is 2. The van der Waals surface area contributed by atoms with Crippen LogP contribution in [0.5, 0.6) is 0 Å². The van der Waals surface area contributed by atoms with Crippen LogP contribution in [-0.2, 0) is 0 Å². The minimum Gasteiger partial charge on any atom is -0.396 e. The number of hydrogen-bond acceptors (Lipinski definition) is 3. The number of benzene rings is 1. The molecule has 1 atom stereocenters. The van der Waals surface area contributed by atoms with E-state index in [0.717, 1.165) is 5.56 Å². The normalized spacial score (nSPS) is 13.8. The van der Waals surface area contributed by atoms with Gasteiger partial charge in [0.1, 0.15) is 0 Å². The fourth-order valence-corrected chi connectivity index (χ4v) is 1.57. The van der Waals surface area contributed by atoms with Crippen LogP contribution in [-0.4, -0.2) is 29.0 Å². The highest BCUT2D eigenvalue weighted by molar-refractivity contribution is 5.18. The molecule has 0 radical (unpaired) electrons. The van der Waals surface area contributed by atoms with Gasteiger partial charge in [-0.25, -0.2) is 0 Å². The molecule has 3 heteroatoms. The molecule has 0 aliphatic heterocycles. The molecular weight excluding hydrogens is 202 g/mol. The molecule has 1 unspecified atom stereocenters. The highest BCUT2D eigenvalue weighted by Crippen LogP contribution is 2.16. The van der Waals surface area contributed by atoms with Crippen molar-refractivity contribution in [2.75, 3.05) is 13.2 Å². The summed E-state index contributed by atoms with van der Waals surface area (Å²) >= 11 is 0. The van der Waals surface area contributed by atoms with E-state index >= 15 is 0 Å². The summed E-state index contributed by atoms with van der Waals surface area (Å²) in [6.45, 7) is 4.17. The standard InChI is InChI=1S/C13H21NO2/c1-13(2,16)10-14-12(8-9-15)11-6-4-3-5-7-11/h3-7,12,14-16H,8-10H2,1-2H3. The Morgan fingerprint density at radius 1 is 1.25 bits per heavy atom. The summed E-state index contributed by atoms with van der Waals surface area (Å²) < 4.78 is 0. The van der Waals surface area contributed by atoms with Gasteiger partial charge in [0.2, 0.25) is 0 Å². The van der Waals surface area contributed by atoms with E-state index in [9.17, 15) is 5.11 Å². The first-order chi connectivity index (χ1) is 7.53. The van der Waals surface area contributed by atoms with Crippen molar-refractivity contribution in [1.82, 2.24) is 5.32 Å². The second-order valence-corrected chi connectivity index (χ2v) is 4.67. The lowest BCUT2D eigenvalue weighted by Crippen LogP contribution is -2.37. The fourth-order valence-electron chi connectivity index (χ4n) is 1.57. The molecule has 0 aliphatic carbocycles. The molecule has 16 heavy (non-hydrogen) atoms. The van der Waals surface area contributed by atoms with Crippen molar-refractivity contribution in [1.29, 1.82) is 0 Å². The van der Waals surface area contributed by atoms with E-state index in [2.05, 4.69) is 5.32 Å². The lowest BCUT2D eigenvalue weighted by atomic mass is 10.0. The third kappa shape index (κ3) is 4.75. The molecule has 0 amide bonds. The van der Waals surface area contributed by atoms with Gasteiger partial charge in [-0.1, -0.05) is 30.3 Å². The Kier molecular flexibility index (Phi) is 4.93. The summed E-state index contributed by atoms with van der Waals surface area (Å²) in [6, 6.07) is 10.1. The first-order valence-electron chi connectivity index (χ1n) is 5.64. The monoisotopic (exact) mass is 223 g/mol. The van der Waals surface area contributed by atoms with Crippen molar-refractivity contribution >= 4 is 0 Å². The zero-order chi connectivity index (χ0) is 12.0. The molecule has 0 aromatic heterocycles. The van der Waals surface area contributed by atoms with Crippen LogP contribution in [0.1, 0.15) is 31.9 Å². The number of hydrogen-bond donors (Lipinski definition) is 3. The summed E-state index contributed by atoms with van der Waals surface area (Å²) in [6.07, 6.45) is 0.653. The smallest absolute Gasteiger partial charge is 0.0715 e. The first-order valence-corrected chi connectivity index (χ1v) is 5.64. The molecule has 0 heterocycles. The Bertz CT molecular complexity index is 293. The highest BCUT2D eigenvalue weighted by Gasteiger charge is 2.16. The quantitative estimate of drug-likeness (QED) is 0.684.